The molecular weight excluding hydrogens is 272 g/mol. The highest BCUT2D eigenvalue weighted by atomic mass is 32.1. The first-order valence-corrected chi connectivity index (χ1v) is 6.16. The van der Waals surface area contributed by atoms with Crippen LogP contribution in [0.4, 0.5) is 4.79 Å². The summed E-state index contributed by atoms with van der Waals surface area (Å²) in [5, 5.41) is 2.21. The molecule has 0 heterocycles. The van der Waals surface area contributed by atoms with Crippen molar-refractivity contribution in [2.75, 3.05) is 19.8 Å². The average molecular weight is 290 g/mol. The largest absolute Gasteiger partial charge is 0.479 e. The molecule has 19 heavy (non-hydrogen) atoms. The van der Waals surface area contributed by atoms with E-state index in [2.05, 4.69) is 10.1 Å². The Labute approximate surface area is 117 Å². The van der Waals surface area contributed by atoms with Crippen LogP contribution in [0.15, 0.2) is 11.5 Å². The average Bonchev–Trinajstić information content (AvgIpc) is 2.29. The van der Waals surface area contributed by atoms with Crippen LogP contribution in [0.25, 0.3) is 0 Å². The molecule has 0 saturated carbocycles. The maximum atomic E-state index is 11.7. The van der Waals surface area contributed by atoms with E-state index in [-0.39, 0.29) is 36.3 Å². The molecule has 0 saturated heterocycles. The van der Waals surface area contributed by atoms with Gasteiger partial charge < -0.3 is 19.9 Å². The highest BCUT2D eigenvalue weighted by Gasteiger charge is 2.23. The fourth-order valence-electron chi connectivity index (χ4n) is 1.06. The van der Waals surface area contributed by atoms with E-state index in [9.17, 15) is 9.59 Å². The Morgan fingerprint density at radius 3 is 2.05 bits per heavy atom. The Bertz CT molecular complexity index is 381. The Kier molecular flexibility index (Phi) is 8.27. The van der Waals surface area contributed by atoms with Crippen molar-refractivity contribution in [1.82, 2.24) is 5.32 Å². The highest BCUT2D eigenvalue weighted by Crippen LogP contribution is 2.06. The van der Waals surface area contributed by atoms with Crippen LogP contribution >= 0.6 is 12.2 Å². The normalized spacial score (nSPS) is 11.1. The van der Waals surface area contributed by atoms with Gasteiger partial charge in [-0.05, 0) is 20.8 Å². The van der Waals surface area contributed by atoms with E-state index in [0.717, 1.165) is 0 Å². The van der Waals surface area contributed by atoms with Crippen molar-refractivity contribution in [3.05, 3.63) is 11.5 Å². The molecule has 0 atom stereocenters. The molecule has 0 spiro atoms. The predicted octanol–water partition coefficient (Wildman–Crippen LogP) is 0.830. The first kappa shape index (κ1) is 17.2. The lowest BCUT2D eigenvalue weighted by Crippen LogP contribution is -2.35. The molecule has 0 aromatic heterocycles. The molecule has 8 heteroatoms. The number of rotatable bonds is 6. The highest BCUT2D eigenvalue weighted by molar-refractivity contribution is 7.80. The number of esters is 1. The molecule has 0 aliphatic carbocycles. The van der Waals surface area contributed by atoms with Gasteiger partial charge in [0.2, 0.25) is 5.88 Å². The number of nitrogens with two attached hydrogens (primary N) is 1. The van der Waals surface area contributed by atoms with Gasteiger partial charge in [-0.1, -0.05) is 12.2 Å². The molecule has 0 aliphatic heterocycles. The van der Waals surface area contributed by atoms with Gasteiger partial charge in [0.15, 0.2) is 5.57 Å². The van der Waals surface area contributed by atoms with E-state index in [1.807, 2.05) is 0 Å². The van der Waals surface area contributed by atoms with Crippen LogP contribution in [-0.2, 0) is 19.0 Å². The minimum atomic E-state index is -0.779. The lowest BCUT2D eigenvalue weighted by molar-refractivity contribution is -0.138. The second kappa shape index (κ2) is 9.15. The van der Waals surface area contributed by atoms with Crippen LogP contribution in [-0.4, -0.2) is 36.9 Å². The maximum absolute atomic E-state index is 11.7. The smallest absolute Gasteiger partial charge is 0.412 e. The van der Waals surface area contributed by atoms with Crippen LogP contribution in [0.2, 0.25) is 0 Å². The monoisotopic (exact) mass is 290 g/mol. The SMILES string of the molecule is CCOC(=O)NC(=S)/C(C(=O)OCC)=C(\N)OCC. The Balaban J connectivity index is 5.04. The fraction of sp³-hybridized carbons (Fsp3) is 0.545. The summed E-state index contributed by atoms with van der Waals surface area (Å²) in [6, 6.07) is 0. The molecule has 0 aromatic carbocycles. The van der Waals surface area contributed by atoms with Gasteiger partial charge in [0.1, 0.15) is 4.99 Å². The molecule has 1 amide bonds. The van der Waals surface area contributed by atoms with Gasteiger partial charge in [0.25, 0.3) is 0 Å². The molecule has 0 aromatic rings. The first-order chi connectivity index (χ1) is 8.97. The van der Waals surface area contributed by atoms with Crippen LogP contribution in [0.3, 0.4) is 0 Å². The zero-order valence-electron chi connectivity index (χ0n) is 11.1. The molecule has 0 fully saturated rings. The van der Waals surface area contributed by atoms with Gasteiger partial charge in [0.05, 0.1) is 19.8 Å². The van der Waals surface area contributed by atoms with Crippen molar-refractivity contribution in [1.29, 1.82) is 0 Å². The number of thiocarbonyl (C=S) groups is 1. The zero-order chi connectivity index (χ0) is 14.8. The lowest BCUT2D eigenvalue weighted by Gasteiger charge is -2.12. The fourth-order valence-corrected chi connectivity index (χ4v) is 1.33. The number of carbonyl (C=O) groups is 2. The van der Waals surface area contributed by atoms with E-state index >= 15 is 0 Å². The summed E-state index contributed by atoms with van der Waals surface area (Å²) in [7, 11) is 0. The number of alkyl carbamates (subject to hydrolysis) is 1. The minimum Gasteiger partial charge on any atom is -0.479 e. The Morgan fingerprint density at radius 1 is 1.05 bits per heavy atom. The van der Waals surface area contributed by atoms with Crippen molar-refractivity contribution in [3.63, 3.8) is 0 Å². The zero-order valence-corrected chi connectivity index (χ0v) is 12.0. The second-order valence-corrected chi connectivity index (χ2v) is 3.48. The number of carbonyl (C=O) groups excluding carboxylic acids is 2. The molecule has 108 valence electrons. The van der Waals surface area contributed by atoms with Gasteiger partial charge >= 0.3 is 12.1 Å². The molecule has 0 radical (unpaired) electrons. The molecule has 0 bridgehead atoms. The predicted molar refractivity (Wildman–Crippen MR) is 72.2 cm³/mol. The second-order valence-electron chi connectivity index (χ2n) is 3.07. The van der Waals surface area contributed by atoms with E-state index < -0.39 is 12.1 Å². The van der Waals surface area contributed by atoms with Crippen molar-refractivity contribution in [3.8, 4) is 0 Å². The minimum absolute atomic E-state index is 0.143. The van der Waals surface area contributed by atoms with Crippen molar-refractivity contribution in [2.24, 2.45) is 5.73 Å². The van der Waals surface area contributed by atoms with E-state index in [1.165, 1.54) is 0 Å². The van der Waals surface area contributed by atoms with Gasteiger partial charge in [-0.15, -0.1) is 0 Å². The van der Waals surface area contributed by atoms with Gasteiger partial charge in [-0.25, -0.2) is 9.59 Å². The van der Waals surface area contributed by atoms with Gasteiger partial charge in [-0.2, -0.15) is 0 Å². The first-order valence-electron chi connectivity index (χ1n) is 5.75. The van der Waals surface area contributed by atoms with E-state index in [4.69, 9.17) is 27.4 Å². The van der Waals surface area contributed by atoms with Crippen molar-refractivity contribution < 1.29 is 23.8 Å². The van der Waals surface area contributed by atoms with Gasteiger partial charge in [0, 0.05) is 0 Å². The Hall–Kier alpha value is -1.83. The van der Waals surface area contributed by atoms with Gasteiger partial charge in [-0.3, -0.25) is 5.32 Å². The Morgan fingerprint density at radius 2 is 1.58 bits per heavy atom. The summed E-state index contributed by atoms with van der Waals surface area (Å²) in [5.74, 6) is -0.974. The molecule has 0 aliphatic rings. The van der Waals surface area contributed by atoms with Crippen molar-refractivity contribution >= 4 is 29.3 Å². The lowest BCUT2D eigenvalue weighted by atomic mass is 10.2. The molecule has 7 nitrogen and oxygen atoms in total. The molecule has 3 N–H and O–H groups in total. The molecular formula is C11H18N2O5S. The third-order valence-corrected chi connectivity index (χ3v) is 2.05. The van der Waals surface area contributed by atoms with Crippen LogP contribution in [0.5, 0.6) is 0 Å². The number of nitrogens with one attached hydrogen (secondary N) is 1. The number of ether oxygens (including phenoxy) is 3. The molecule has 0 unspecified atom stereocenters. The number of hydrogen-bond donors (Lipinski definition) is 2. The van der Waals surface area contributed by atoms with Crippen LogP contribution < -0.4 is 11.1 Å². The topological polar surface area (TPSA) is 99.9 Å². The summed E-state index contributed by atoms with van der Waals surface area (Å²) in [6.45, 7) is 5.53. The third kappa shape index (κ3) is 6.05. The summed E-state index contributed by atoms with van der Waals surface area (Å²) in [5.41, 5.74) is 5.39. The van der Waals surface area contributed by atoms with E-state index in [0.29, 0.717) is 0 Å². The quantitative estimate of drug-likeness (QED) is 0.323. The van der Waals surface area contributed by atoms with Crippen molar-refractivity contribution in [2.45, 2.75) is 20.8 Å². The summed E-state index contributed by atoms with van der Waals surface area (Å²) >= 11 is 4.92. The number of hydrogen-bond acceptors (Lipinski definition) is 7. The number of amides is 1. The van der Waals surface area contributed by atoms with E-state index in [1.54, 1.807) is 20.8 Å². The summed E-state index contributed by atoms with van der Waals surface area (Å²) in [4.78, 5) is 22.8. The third-order valence-electron chi connectivity index (χ3n) is 1.74. The maximum Gasteiger partial charge on any atom is 0.412 e. The van der Waals surface area contributed by atoms with Crippen LogP contribution in [0.1, 0.15) is 20.8 Å². The summed E-state index contributed by atoms with van der Waals surface area (Å²) < 4.78 is 14.5. The van der Waals surface area contributed by atoms with Crippen LogP contribution in [0, 0.1) is 0 Å². The summed E-state index contributed by atoms with van der Waals surface area (Å²) in [6.07, 6.45) is -0.779. The standard InChI is InChI=1S/C11H18N2O5S/c1-4-16-8(12)7(10(14)17-5-2)9(19)13-11(15)18-6-3/h4-6,12H2,1-3H3,(H,13,15,19)/b8-7-. The molecule has 0 rings (SSSR count).